The zero-order valence-corrected chi connectivity index (χ0v) is 12.8. The van der Waals surface area contributed by atoms with Crippen LogP contribution in [0.2, 0.25) is 0 Å². The molecule has 0 aliphatic rings. The van der Waals surface area contributed by atoms with Gasteiger partial charge in [0, 0.05) is 17.4 Å². The lowest BCUT2D eigenvalue weighted by Gasteiger charge is -2.06. The largest absolute Gasteiger partial charge is 0.477 e. The van der Waals surface area contributed by atoms with E-state index in [4.69, 9.17) is 0 Å². The molecule has 0 saturated heterocycles. The van der Waals surface area contributed by atoms with E-state index in [1.165, 1.54) is 7.05 Å². The number of aromatic carboxylic acids is 1. The zero-order valence-electron chi connectivity index (χ0n) is 12.0. The second-order valence-corrected chi connectivity index (χ2v) is 6.79. The lowest BCUT2D eigenvalue weighted by Crippen LogP contribution is -2.23. The normalized spacial score (nSPS) is 11.9. The number of carboxylic acids is 1. The molecule has 0 atom stereocenters. The summed E-state index contributed by atoms with van der Waals surface area (Å²) in [5, 5.41) is 10.0. The van der Waals surface area contributed by atoms with Crippen molar-refractivity contribution in [1.29, 1.82) is 0 Å². The summed E-state index contributed by atoms with van der Waals surface area (Å²) in [6.45, 7) is 2.46. The van der Waals surface area contributed by atoms with Gasteiger partial charge in [-0.25, -0.2) is 17.9 Å². The third-order valence-corrected chi connectivity index (χ3v) is 4.84. The van der Waals surface area contributed by atoms with E-state index in [2.05, 4.69) is 4.72 Å². The molecule has 114 valence electrons. The van der Waals surface area contributed by atoms with Crippen molar-refractivity contribution in [3.05, 3.63) is 35.5 Å². The number of carboxylic acid groups (broad SMARTS) is 1. The molecule has 1 heterocycles. The van der Waals surface area contributed by atoms with E-state index in [9.17, 15) is 18.3 Å². The standard InChI is InChI=1S/C14H18N2O4S/c1-3-16-12-5-4-10(6-7-21(19,20)15-2)8-11(12)9-13(16)14(17)18/h4-5,8-9,15H,3,6-7H2,1-2H3,(H,17,18). The molecule has 0 fully saturated rings. The summed E-state index contributed by atoms with van der Waals surface area (Å²) < 4.78 is 26.9. The SMILES string of the molecule is CCn1c(C(=O)O)cc2cc(CCS(=O)(=O)NC)ccc21. The molecule has 0 amide bonds. The summed E-state index contributed by atoms with van der Waals surface area (Å²) in [5.74, 6) is -0.956. The Hall–Kier alpha value is -1.86. The number of fused-ring (bicyclic) bond motifs is 1. The minimum absolute atomic E-state index is 0.00921. The lowest BCUT2D eigenvalue weighted by molar-refractivity contribution is 0.0686. The van der Waals surface area contributed by atoms with Crippen molar-refractivity contribution in [2.75, 3.05) is 12.8 Å². The Kier molecular flexibility index (Phi) is 4.34. The van der Waals surface area contributed by atoms with Gasteiger partial charge in [-0.15, -0.1) is 0 Å². The quantitative estimate of drug-likeness (QED) is 0.845. The number of benzene rings is 1. The maximum Gasteiger partial charge on any atom is 0.352 e. The fourth-order valence-electron chi connectivity index (χ4n) is 2.35. The summed E-state index contributed by atoms with van der Waals surface area (Å²) in [7, 11) is -1.85. The first-order chi connectivity index (χ1) is 9.88. The molecule has 0 aliphatic carbocycles. The highest BCUT2D eigenvalue weighted by atomic mass is 32.2. The fourth-order valence-corrected chi connectivity index (χ4v) is 3.06. The van der Waals surface area contributed by atoms with E-state index < -0.39 is 16.0 Å². The van der Waals surface area contributed by atoms with Gasteiger partial charge >= 0.3 is 5.97 Å². The van der Waals surface area contributed by atoms with Crippen LogP contribution in [0.15, 0.2) is 24.3 Å². The second-order valence-electron chi connectivity index (χ2n) is 4.75. The van der Waals surface area contributed by atoms with Gasteiger partial charge in [-0.3, -0.25) is 0 Å². The monoisotopic (exact) mass is 310 g/mol. The van der Waals surface area contributed by atoms with E-state index in [1.807, 2.05) is 25.1 Å². The Morgan fingerprint density at radius 1 is 1.33 bits per heavy atom. The van der Waals surface area contributed by atoms with Crippen molar-refractivity contribution in [3.63, 3.8) is 0 Å². The number of aryl methyl sites for hydroxylation is 2. The number of carbonyl (C=O) groups is 1. The van der Waals surface area contributed by atoms with Gasteiger partial charge in [0.1, 0.15) is 5.69 Å². The predicted molar refractivity (Wildman–Crippen MR) is 81.1 cm³/mol. The number of nitrogens with zero attached hydrogens (tertiary/aromatic N) is 1. The van der Waals surface area contributed by atoms with Crippen LogP contribution in [0.3, 0.4) is 0 Å². The minimum atomic E-state index is -3.24. The van der Waals surface area contributed by atoms with Gasteiger partial charge in [0.05, 0.1) is 5.75 Å². The van der Waals surface area contributed by atoms with E-state index in [0.717, 1.165) is 16.5 Å². The van der Waals surface area contributed by atoms with Crippen molar-refractivity contribution < 1.29 is 18.3 Å². The zero-order chi connectivity index (χ0) is 15.6. The van der Waals surface area contributed by atoms with Crippen molar-refractivity contribution in [2.24, 2.45) is 0 Å². The topological polar surface area (TPSA) is 88.4 Å². The van der Waals surface area contributed by atoms with Crippen molar-refractivity contribution in [2.45, 2.75) is 19.9 Å². The Morgan fingerprint density at radius 2 is 2.05 bits per heavy atom. The first-order valence-corrected chi connectivity index (χ1v) is 8.30. The highest BCUT2D eigenvalue weighted by molar-refractivity contribution is 7.89. The maximum absolute atomic E-state index is 11.4. The van der Waals surface area contributed by atoms with Gasteiger partial charge in [0.25, 0.3) is 0 Å². The molecule has 2 aromatic rings. The molecule has 1 aromatic carbocycles. The molecule has 0 unspecified atom stereocenters. The van der Waals surface area contributed by atoms with Gasteiger partial charge in [-0.1, -0.05) is 6.07 Å². The summed E-state index contributed by atoms with van der Waals surface area (Å²) in [4.78, 5) is 11.2. The van der Waals surface area contributed by atoms with Crippen LogP contribution in [0, 0.1) is 0 Å². The number of hydrogen-bond donors (Lipinski definition) is 2. The summed E-state index contributed by atoms with van der Waals surface area (Å²) >= 11 is 0. The summed E-state index contributed by atoms with van der Waals surface area (Å²) in [5.41, 5.74) is 1.95. The molecule has 21 heavy (non-hydrogen) atoms. The smallest absolute Gasteiger partial charge is 0.352 e. The highest BCUT2D eigenvalue weighted by Crippen LogP contribution is 2.22. The molecule has 0 saturated carbocycles. The van der Waals surface area contributed by atoms with Crippen LogP contribution in [0.4, 0.5) is 0 Å². The van der Waals surface area contributed by atoms with Crippen molar-refractivity contribution in [3.8, 4) is 0 Å². The lowest BCUT2D eigenvalue weighted by atomic mass is 10.1. The van der Waals surface area contributed by atoms with E-state index >= 15 is 0 Å². The number of nitrogens with one attached hydrogen (secondary N) is 1. The average molecular weight is 310 g/mol. The van der Waals surface area contributed by atoms with Gasteiger partial charge in [0.15, 0.2) is 0 Å². The summed E-state index contributed by atoms with van der Waals surface area (Å²) in [6.07, 6.45) is 0.388. The predicted octanol–water partition coefficient (Wildman–Crippen LogP) is 1.45. The molecule has 2 N–H and O–H groups in total. The number of rotatable bonds is 6. The van der Waals surface area contributed by atoms with Crippen LogP contribution in [0.1, 0.15) is 23.0 Å². The Labute approximate surface area is 123 Å². The molecular formula is C14H18N2O4S. The van der Waals surface area contributed by atoms with Crippen LogP contribution in [-0.4, -0.2) is 36.9 Å². The second kappa shape index (κ2) is 5.87. The maximum atomic E-state index is 11.4. The van der Waals surface area contributed by atoms with Gasteiger partial charge in [-0.05, 0) is 44.2 Å². The van der Waals surface area contributed by atoms with Crippen LogP contribution in [-0.2, 0) is 23.0 Å². The molecule has 7 heteroatoms. The Bertz CT molecular complexity index is 778. The molecule has 6 nitrogen and oxygen atoms in total. The van der Waals surface area contributed by atoms with Crippen LogP contribution < -0.4 is 4.72 Å². The van der Waals surface area contributed by atoms with Crippen LogP contribution in [0.5, 0.6) is 0 Å². The third-order valence-electron chi connectivity index (χ3n) is 3.47. The molecular weight excluding hydrogens is 292 g/mol. The molecule has 0 radical (unpaired) electrons. The van der Waals surface area contributed by atoms with E-state index in [-0.39, 0.29) is 11.4 Å². The number of aromatic nitrogens is 1. The summed E-state index contributed by atoms with van der Waals surface area (Å²) in [6, 6.07) is 7.15. The van der Waals surface area contributed by atoms with Crippen molar-refractivity contribution in [1.82, 2.24) is 9.29 Å². The highest BCUT2D eigenvalue weighted by Gasteiger charge is 2.14. The first kappa shape index (κ1) is 15.5. The Balaban J connectivity index is 2.36. The third kappa shape index (κ3) is 3.25. The number of sulfonamides is 1. The van der Waals surface area contributed by atoms with Gasteiger partial charge < -0.3 is 9.67 Å². The molecule has 0 spiro atoms. The minimum Gasteiger partial charge on any atom is -0.477 e. The molecule has 0 aliphatic heterocycles. The van der Waals surface area contributed by atoms with Gasteiger partial charge in [-0.2, -0.15) is 0 Å². The first-order valence-electron chi connectivity index (χ1n) is 6.64. The Morgan fingerprint density at radius 3 is 2.62 bits per heavy atom. The fraction of sp³-hybridized carbons (Fsp3) is 0.357. The molecule has 2 rings (SSSR count). The van der Waals surface area contributed by atoms with Crippen LogP contribution >= 0.6 is 0 Å². The van der Waals surface area contributed by atoms with E-state index in [0.29, 0.717) is 13.0 Å². The molecule has 0 bridgehead atoms. The van der Waals surface area contributed by atoms with Crippen LogP contribution in [0.25, 0.3) is 10.9 Å². The van der Waals surface area contributed by atoms with Crippen molar-refractivity contribution >= 4 is 26.9 Å². The average Bonchev–Trinajstić information content (AvgIpc) is 2.83. The van der Waals surface area contributed by atoms with Gasteiger partial charge in [0.2, 0.25) is 10.0 Å². The van der Waals surface area contributed by atoms with E-state index in [1.54, 1.807) is 10.6 Å². The number of hydrogen-bond acceptors (Lipinski definition) is 3. The molecule has 1 aromatic heterocycles.